The van der Waals surface area contributed by atoms with E-state index in [4.69, 9.17) is 27.9 Å². The summed E-state index contributed by atoms with van der Waals surface area (Å²) >= 11 is 12.7. The van der Waals surface area contributed by atoms with E-state index in [0.29, 0.717) is 22.6 Å². The second-order valence-corrected chi connectivity index (χ2v) is 7.31. The highest BCUT2D eigenvalue weighted by molar-refractivity contribution is 6.37. The number of ketones is 1. The Kier molecular flexibility index (Phi) is 8.03. The normalized spacial score (nSPS) is 11.5. The van der Waals surface area contributed by atoms with Crippen LogP contribution in [0.25, 0.3) is 5.76 Å². The molecule has 0 aliphatic carbocycles. The minimum atomic E-state index is -1.50. The highest BCUT2D eigenvalue weighted by Crippen LogP contribution is 2.35. The molecule has 0 spiro atoms. The number of amides is 1. The molecule has 0 saturated heterocycles. The smallest absolute Gasteiger partial charge is 0.345 e. The molecule has 0 atom stereocenters. The summed E-state index contributed by atoms with van der Waals surface area (Å²) in [5.41, 5.74) is 0.510. The molecule has 0 aliphatic heterocycles. The average Bonchev–Trinajstić information content (AvgIpc) is 2.71. The lowest BCUT2D eigenvalue weighted by Gasteiger charge is -2.19. The van der Waals surface area contributed by atoms with E-state index in [2.05, 4.69) is 0 Å². The number of hydrogen-bond donors (Lipinski definition) is 1. The molecule has 0 saturated carbocycles. The van der Waals surface area contributed by atoms with Gasteiger partial charge in [0.1, 0.15) is 5.76 Å². The molecule has 30 heavy (non-hydrogen) atoms. The van der Waals surface area contributed by atoms with Crippen LogP contribution < -0.4 is 0 Å². The number of Topliss-reactive ketones (excluding diaryl/α,β-unsaturated/α-hetero) is 1. The molecular weight excluding hydrogens is 429 g/mol. The third-order valence-corrected chi connectivity index (χ3v) is 5.07. The molecule has 0 fully saturated rings. The van der Waals surface area contributed by atoms with Crippen molar-refractivity contribution in [3.8, 4) is 0 Å². The van der Waals surface area contributed by atoms with E-state index in [0.717, 1.165) is 4.90 Å². The molecule has 2 aromatic carbocycles. The van der Waals surface area contributed by atoms with Gasteiger partial charge in [0.15, 0.2) is 18.0 Å². The maximum atomic E-state index is 12.6. The van der Waals surface area contributed by atoms with Gasteiger partial charge < -0.3 is 14.7 Å². The van der Waals surface area contributed by atoms with Crippen molar-refractivity contribution in [2.75, 3.05) is 20.7 Å². The SMILES string of the molecule is CCc1c(Cl)ccc(C(OCC(=O)c2ccccc2)=C(C(=O)O)C(=O)N(C)C)c1Cl. The first-order valence-electron chi connectivity index (χ1n) is 9.06. The van der Waals surface area contributed by atoms with E-state index in [1.165, 1.54) is 20.2 Å². The number of likely N-dealkylation sites (N-methyl/N-ethyl adjacent to an activating group) is 1. The van der Waals surface area contributed by atoms with Crippen LogP contribution in [0.1, 0.15) is 28.4 Å². The lowest BCUT2D eigenvalue weighted by molar-refractivity contribution is -0.136. The fourth-order valence-corrected chi connectivity index (χ4v) is 3.46. The van der Waals surface area contributed by atoms with Gasteiger partial charge in [-0.05, 0) is 24.1 Å². The number of carbonyl (C=O) groups excluding carboxylic acids is 2. The van der Waals surface area contributed by atoms with Crippen molar-refractivity contribution in [3.63, 3.8) is 0 Å². The predicted molar refractivity (Wildman–Crippen MR) is 116 cm³/mol. The van der Waals surface area contributed by atoms with E-state index in [9.17, 15) is 19.5 Å². The van der Waals surface area contributed by atoms with Gasteiger partial charge >= 0.3 is 5.97 Å². The van der Waals surface area contributed by atoms with E-state index >= 15 is 0 Å². The number of nitrogens with zero attached hydrogens (tertiary/aromatic N) is 1. The number of rotatable bonds is 8. The first-order chi connectivity index (χ1) is 14.2. The number of halogens is 2. The molecule has 158 valence electrons. The summed E-state index contributed by atoms with van der Waals surface area (Å²) in [6, 6.07) is 11.4. The Hall–Kier alpha value is -2.83. The zero-order valence-electron chi connectivity index (χ0n) is 16.7. The third kappa shape index (κ3) is 5.20. The number of ether oxygens (including phenoxy) is 1. The van der Waals surface area contributed by atoms with Crippen molar-refractivity contribution < 1.29 is 24.2 Å². The summed E-state index contributed by atoms with van der Waals surface area (Å²) in [4.78, 5) is 38.2. The first kappa shape index (κ1) is 23.4. The molecule has 1 amide bonds. The van der Waals surface area contributed by atoms with Crippen LogP contribution in [-0.2, 0) is 20.7 Å². The molecule has 0 aromatic heterocycles. The number of benzene rings is 2. The van der Waals surface area contributed by atoms with Gasteiger partial charge in [-0.15, -0.1) is 0 Å². The summed E-state index contributed by atoms with van der Waals surface area (Å²) in [5.74, 6) is -2.97. The van der Waals surface area contributed by atoms with Crippen LogP contribution in [0, 0.1) is 0 Å². The topological polar surface area (TPSA) is 83.9 Å². The minimum Gasteiger partial charge on any atom is -0.484 e. The van der Waals surface area contributed by atoms with E-state index in [1.807, 2.05) is 6.92 Å². The van der Waals surface area contributed by atoms with Crippen molar-refractivity contribution in [3.05, 3.63) is 74.8 Å². The summed E-state index contributed by atoms with van der Waals surface area (Å²) in [6.45, 7) is 1.36. The molecule has 6 nitrogen and oxygen atoms in total. The average molecular weight is 450 g/mol. The molecular formula is C22H21Cl2NO5. The highest BCUT2D eigenvalue weighted by Gasteiger charge is 2.29. The maximum absolute atomic E-state index is 12.6. The van der Waals surface area contributed by atoms with E-state index in [1.54, 1.807) is 36.4 Å². The monoisotopic (exact) mass is 449 g/mol. The van der Waals surface area contributed by atoms with Gasteiger partial charge in [-0.3, -0.25) is 9.59 Å². The number of hydrogen-bond acceptors (Lipinski definition) is 4. The summed E-state index contributed by atoms with van der Waals surface area (Å²) < 4.78 is 5.63. The van der Waals surface area contributed by atoms with Crippen LogP contribution in [0.5, 0.6) is 0 Å². The lowest BCUT2D eigenvalue weighted by Crippen LogP contribution is -2.29. The Morgan fingerprint density at radius 2 is 1.67 bits per heavy atom. The van der Waals surface area contributed by atoms with E-state index < -0.39 is 24.1 Å². The Morgan fingerprint density at radius 1 is 1.03 bits per heavy atom. The van der Waals surface area contributed by atoms with Crippen molar-refractivity contribution in [2.24, 2.45) is 0 Å². The Balaban J connectivity index is 2.61. The lowest BCUT2D eigenvalue weighted by atomic mass is 10.0. The van der Waals surface area contributed by atoms with Crippen LogP contribution in [0.2, 0.25) is 10.0 Å². The molecule has 0 radical (unpaired) electrons. The van der Waals surface area contributed by atoms with Crippen molar-refractivity contribution >= 4 is 46.6 Å². The van der Waals surface area contributed by atoms with Crippen LogP contribution in [0.3, 0.4) is 0 Å². The Bertz CT molecular complexity index is 1000. The molecule has 0 heterocycles. The van der Waals surface area contributed by atoms with Crippen molar-refractivity contribution in [1.29, 1.82) is 0 Å². The van der Waals surface area contributed by atoms with Gasteiger partial charge in [-0.25, -0.2) is 4.79 Å². The van der Waals surface area contributed by atoms with Gasteiger partial charge in [0, 0.05) is 30.2 Å². The fraction of sp³-hybridized carbons (Fsp3) is 0.227. The third-order valence-electron chi connectivity index (χ3n) is 4.29. The van der Waals surface area contributed by atoms with Crippen molar-refractivity contribution in [1.82, 2.24) is 4.90 Å². The predicted octanol–water partition coefficient (Wildman–Crippen LogP) is 4.34. The number of carboxylic acid groups (broad SMARTS) is 1. The van der Waals surface area contributed by atoms with Crippen LogP contribution in [0.4, 0.5) is 0 Å². The number of carboxylic acids is 1. The molecule has 2 rings (SSSR count). The Morgan fingerprint density at radius 3 is 2.20 bits per heavy atom. The molecule has 0 bridgehead atoms. The summed E-state index contributed by atoms with van der Waals surface area (Å²) in [6.07, 6.45) is 0.478. The van der Waals surface area contributed by atoms with Gasteiger partial charge in [0.2, 0.25) is 0 Å². The van der Waals surface area contributed by atoms with Gasteiger partial charge in [-0.2, -0.15) is 0 Å². The minimum absolute atomic E-state index is 0.164. The fourth-order valence-electron chi connectivity index (χ4n) is 2.74. The first-order valence-corrected chi connectivity index (χ1v) is 9.82. The molecule has 1 N–H and O–H groups in total. The summed E-state index contributed by atoms with van der Waals surface area (Å²) in [5, 5.41) is 10.3. The second kappa shape index (κ2) is 10.3. The molecule has 2 aromatic rings. The summed E-state index contributed by atoms with van der Waals surface area (Å²) in [7, 11) is 2.83. The van der Waals surface area contributed by atoms with Crippen LogP contribution >= 0.6 is 23.2 Å². The zero-order valence-corrected chi connectivity index (χ0v) is 18.3. The highest BCUT2D eigenvalue weighted by atomic mass is 35.5. The molecule has 0 unspecified atom stereocenters. The molecule has 0 aliphatic rings. The largest absolute Gasteiger partial charge is 0.484 e. The van der Waals surface area contributed by atoms with E-state index in [-0.39, 0.29) is 22.1 Å². The standard InChI is InChI=1S/C22H21Cl2NO5/c1-4-14-16(23)11-10-15(19(14)24)20(18(22(28)29)21(27)25(2)3)30-12-17(26)13-8-6-5-7-9-13/h5-11H,4,12H2,1-3H3,(H,28,29). The Labute approximate surface area is 184 Å². The van der Waals surface area contributed by atoms with Gasteiger partial charge in [0.05, 0.1) is 5.02 Å². The number of carbonyl (C=O) groups is 3. The second-order valence-electron chi connectivity index (χ2n) is 6.53. The maximum Gasteiger partial charge on any atom is 0.345 e. The molecule has 8 heteroatoms. The van der Waals surface area contributed by atoms with Crippen LogP contribution in [-0.4, -0.2) is 48.4 Å². The van der Waals surface area contributed by atoms with Crippen molar-refractivity contribution in [2.45, 2.75) is 13.3 Å². The van der Waals surface area contributed by atoms with Gasteiger partial charge in [0.25, 0.3) is 5.91 Å². The van der Waals surface area contributed by atoms with Gasteiger partial charge in [-0.1, -0.05) is 60.5 Å². The quantitative estimate of drug-likeness (QED) is 0.213. The van der Waals surface area contributed by atoms with Crippen LogP contribution in [0.15, 0.2) is 48.0 Å². The zero-order chi connectivity index (χ0) is 22.4. The number of aliphatic carboxylic acids is 1.